The lowest BCUT2D eigenvalue weighted by Gasteiger charge is -2.20. The van der Waals surface area contributed by atoms with Gasteiger partial charge in [0.25, 0.3) is 0 Å². The van der Waals surface area contributed by atoms with Crippen LogP contribution in [0.25, 0.3) is 0 Å². The van der Waals surface area contributed by atoms with E-state index in [-0.39, 0.29) is 0 Å². The first-order valence-corrected chi connectivity index (χ1v) is 7.31. The number of ether oxygens (including phenoxy) is 2. The van der Waals surface area contributed by atoms with Crippen molar-refractivity contribution < 1.29 is 32.3 Å². The number of hydrogen-bond acceptors (Lipinski definition) is 6. The van der Waals surface area contributed by atoms with E-state index < -0.39 is 31.8 Å². The van der Waals surface area contributed by atoms with Crippen molar-refractivity contribution in [2.24, 2.45) is 0 Å². The van der Waals surface area contributed by atoms with Crippen molar-refractivity contribution in [3.05, 3.63) is 30.1 Å². The molecule has 0 saturated carbocycles. The summed E-state index contributed by atoms with van der Waals surface area (Å²) in [7, 11) is -1.08. The van der Waals surface area contributed by atoms with Crippen molar-refractivity contribution in [3.63, 3.8) is 0 Å². The SMILES string of the molecule is COP(=O)(OC)C(C)OC(=O)COc1ccc(F)cc1. The first kappa shape index (κ1) is 16.6. The van der Waals surface area contributed by atoms with Crippen molar-refractivity contribution in [1.82, 2.24) is 0 Å². The van der Waals surface area contributed by atoms with Crippen LogP contribution in [0.3, 0.4) is 0 Å². The van der Waals surface area contributed by atoms with Gasteiger partial charge in [-0.2, -0.15) is 0 Å². The van der Waals surface area contributed by atoms with Crippen LogP contribution in [0.4, 0.5) is 4.39 Å². The zero-order valence-electron chi connectivity index (χ0n) is 11.4. The summed E-state index contributed by atoms with van der Waals surface area (Å²) in [6.07, 6.45) is 0. The lowest BCUT2D eigenvalue weighted by atomic mass is 10.3. The number of halogens is 1. The number of carbonyl (C=O) groups is 1. The fraction of sp³-hybridized carbons (Fsp3) is 0.417. The summed E-state index contributed by atoms with van der Waals surface area (Å²) in [4.78, 5) is 11.5. The van der Waals surface area contributed by atoms with E-state index >= 15 is 0 Å². The van der Waals surface area contributed by atoms with Crippen LogP contribution < -0.4 is 4.74 Å². The van der Waals surface area contributed by atoms with Gasteiger partial charge in [-0.3, -0.25) is 4.57 Å². The van der Waals surface area contributed by atoms with Gasteiger partial charge in [-0.25, -0.2) is 9.18 Å². The molecule has 6 nitrogen and oxygen atoms in total. The van der Waals surface area contributed by atoms with Crippen LogP contribution in [0, 0.1) is 5.82 Å². The Bertz CT molecular complexity index is 481. The highest BCUT2D eigenvalue weighted by atomic mass is 31.2. The van der Waals surface area contributed by atoms with Crippen LogP contribution in [0.1, 0.15) is 6.92 Å². The van der Waals surface area contributed by atoms with E-state index in [1.165, 1.54) is 45.4 Å². The van der Waals surface area contributed by atoms with Crippen molar-refractivity contribution in [3.8, 4) is 5.75 Å². The molecule has 0 fully saturated rings. The average Bonchev–Trinajstić information content (AvgIpc) is 2.45. The molecule has 0 aliphatic carbocycles. The van der Waals surface area contributed by atoms with Crippen LogP contribution in [0.5, 0.6) is 5.75 Å². The summed E-state index contributed by atoms with van der Waals surface area (Å²) in [5, 5.41) is 0. The third-order valence-corrected chi connectivity index (χ3v) is 4.44. The molecule has 0 bridgehead atoms. The number of benzene rings is 1. The fourth-order valence-electron chi connectivity index (χ4n) is 1.33. The summed E-state index contributed by atoms with van der Waals surface area (Å²) >= 11 is 0. The van der Waals surface area contributed by atoms with E-state index in [1.807, 2.05) is 0 Å². The van der Waals surface area contributed by atoms with Crippen LogP contribution in [-0.2, 0) is 23.1 Å². The van der Waals surface area contributed by atoms with Gasteiger partial charge in [0, 0.05) is 14.2 Å². The van der Waals surface area contributed by atoms with Crippen molar-refractivity contribution >= 4 is 13.6 Å². The quantitative estimate of drug-likeness (QED) is 0.569. The molecule has 112 valence electrons. The summed E-state index contributed by atoms with van der Waals surface area (Å²) < 4.78 is 43.9. The smallest absolute Gasteiger partial charge is 0.370 e. The van der Waals surface area contributed by atoms with E-state index in [2.05, 4.69) is 0 Å². The lowest BCUT2D eigenvalue weighted by molar-refractivity contribution is -0.148. The van der Waals surface area contributed by atoms with Gasteiger partial charge >= 0.3 is 13.6 Å². The van der Waals surface area contributed by atoms with E-state index in [0.29, 0.717) is 5.75 Å². The minimum atomic E-state index is -3.48. The fourth-order valence-corrected chi connectivity index (χ4v) is 2.32. The largest absolute Gasteiger partial charge is 0.482 e. The minimum absolute atomic E-state index is 0.317. The van der Waals surface area contributed by atoms with E-state index in [9.17, 15) is 13.8 Å². The molecule has 1 rings (SSSR count). The molecule has 0 aliphatic rings. The van der Waals surface area contributed by atoms with Gasteiger partial charge in [0.15, 0.2) is 12.5 Å². The van der Waals surface area contributed by atoms with Crippen LogP contribution in [0.15, 0.2) is 24.3 Å². The number of esters is 1. The molecule has 1 aromatic carbocycles. The molecule has 0 aromatic heterocycles. The summed E-state index contributed by atoms with van der Waals surface area (Å²) in [5.74, 6) is -1.88. The van der Waals surface area contributed by atoms with Gasteiger partial charge < -0.3 is 18.5 Å². The highest BCUT2D eigenvalue weighted by Gasteiger charge is 2.33. The third-order valence-electron chi connectivity index (χ3n) is 2.43. The monoisotopic (exact) mass is 306 g/mol. The van der Waals surface area contributed by atoms with E-state index in [4.69, 9.17) is 18.5 Å². The lowest BCUT2D eigenvalue weighted by Crippen LogP contribution is -2.21. The molecule has 1 aromatic rings. The normalized spacial score (nSPS) is 12.8. The van der Waals surface area contributed by atoms with Crippen LogP contribution in [-0.4, -0.2) is 32.6 Å². The molecule has 0 amide bonds. The summed E-state index contributed by atoms with van der Waals surface area (Å²) in [6.45, 7) is 0.993. The number of hydrogen-bond donors (Lipinski definition) is 0. The molecular weight excluding hydrogens is 290 g/mol. The maximum Gasteiger partial charge on any atom is 0.370 e. The Balaban J connectivity index is 2.48. The maximum absolute atomic E-state index is 12.7. The molecule has 0 heterocycles. The summed E-state index contributed by atoms with van der Waals surface area (Å²) in [5.41, 5.74) is 0. The Labute approximate surface area is 116 Å². The predicted molar refractivity (Wildman–Crippen MR) is 69.1 cm³/mol. The molecule has 0 aliphatic heterocycles. The topological polar surface area (TPSA) is 71.1 Å². The molecule has 0 N–H and O–H groups in total. The van der Waals surface area contributed by atoms with Crippen molar-refractivity contribution in [1.29, 1.82) is 0 Å². The second kappa shape index (κ2) is 7.38. The van der Waals surface area contributed by atoms with Crippen LogP contribution >= 0.6 is 7.60 Å². The predicted octanol–water partition coefficient (Wildman–Crippen LogP) is 2.58. The van der Waals surface area contributed by atoms with Gasteiger partial charge in [-0.1, -0.05) is 0 Å². The highest BCUT2D eigenvalue weighted by molar-refractivity contribution is 7.54. The Morgan fingerprint density at radius 2 is 1.80 bits per heavy atom. The molecule has 8 heteroatoms. The van der Waals surface area contributed by atoms with Gasteiger partial charge in [-0.15, -0.1) is 0 Å². The zero-order chi connectivity index (χ0) is 15.2. The van der Waals surface area contributed by atoms with Gasteiger partial charge in [0.05, 0.1) is 0 Å². The number of rotatable bonds is 7. The second-order valence-corrected chi connectivity index (χ2v) is 6.27. The average molecular weight is 306 g/mol. The zero-order valence-corrected chi connectivity index (χ0v) is 12.3. The first-order chi connectivity index (χ1) is 9.41. The molecule has 0 radical (unpaired) electrons. The Kier molecular flexibility index (Phi) is 6.13. The van der Waals surface area contributed by atoms with Gasteiger partial charge in [0.2, 0.25) is 0 Å². The third kappa shape index (κ3) is 4.59. The second-order valence-electron chi connectivity index (χ2n) is 3.74. The highest BCUT2D eigenvalue weighted by Crippen LogP contribution is 2.51. The van der Waals surface area contributed by atoms with Crippen molar-refractivity contribution in [2.75, 3.05) is 20.8 Å². The van der Waals surface area contributed by atoms with E-state index in [1.54, 1.807) is 0 Å². The van der Waals surface area contributed by atoms with Crippen LogP contribution in [0.2, 0.25) is 0 Å². The Morgan fingerprint density at radius 1 is 1.25 bits per heavy atom. The first-order valence-electron chi connectivity index (χ1n) is 5.70. The summed E-state index contributed by atoms with van der Waals surface area (Å²) in [6, 6.07) is 5.16. The molecule has 1 unspecified atom stereocenters. The number of carbonyl (C=O) groups excluding carboxylic acids is 1. The van der Waals surface area contributed by atoms with E-state index in [0.717, 1.165) is 0 Å². The Morgan fingerprint density at radius 3 is 2.30 bits per heavy atom. The molecular formula is C12H16FO6P. The van der Waals surface area contributed by atoms with Crippen molar-refractivity contribution in [2.45, 2.75) is 12.8 Å². The molecule has 20 heavy (non-hydrogen) atoms. The minimum Gasteiger partial charge on any atom is -0.482 e. The van der Waals surface area contributed by atoms with Gasteiger partial charge in [0.1, 0.15) is 11.6 Å². The Hall–Kier alpha value is -1.43. The maximum atomic E-state index is 12.7. The molecule has 0 saturated heterocycles. The van der Waals surface area contributed by atoms with Gasteiger partial charge in [-0.05, 0) is 31.2 Å². The standard InChI is InChI=1S/C12H16FO6P/c1-9(20(15,16-2)17-3)19-12(14)8-18-11-6-4-10(13)5-7-11/h4-7,9H,8H2,1-3H3. The molecule has 0 spiro atoms. The molecule has 1 atom stereocenters.